The van der Waals surface area contributed by atoms with Crippen LogP contribution in [0.3, 0.4) is 0 Å². The van der Waals surface area contributed by atoms with Crippen molar-refractivity contribution in [3.8, 4) is 11.4 Å². The molecule has 1 amide bonds. The molecule has 174 valence electrons. The highest BCUT2D eigenvalue weighted by molar-refractivity contribution is 5.96. The maximum atomic E-state index is 13.4. The summed E-state index contributed by atoms with van der Waals surface area (Å²) in [5.41, 5.74) is 4.98. The normalized spacial score (nSPS) is 14.9. The quantitative estimate of drug-likeness (QED) is 0.544. The van der Waals surface area contributed by atoms with Crippen LogP contribution in [0.25, 0.3) is 5.69 Å². The van der Waals surface area contributed by atoms with Gasteiger partial charge in [0.25, 0.3) is 5.91 Å². The number of piperidine rings is 1. The topological polar surface area (TPSA) is 50.6 Å². The number of carbonyl (C=O) groups is 1. The molecule has 0 saturated carbocycles. The number of pyridine rings is 1. The Labute approximate surface area is 196 Å². The van der Waals surface area contributed by atoms with Crippen molar-refractivity contribution >= 4 is 5.91 Å². The summed E-state index contributed by atoms with van der Waals surface area (Å²) in [5, 5.41) is 0. The molecule has 3 aromatic rings. The first-order valence-corrected chi connectivity index (χ1v) is 11.7. The molecule has 0 radical (unpaired) electrons. The Morgan fingerprint density at radius 3 is 2.48 bits per heavy atom. The van der Waals surface area contributed by atoms with Gasteiger partial charge < -0.3 is 19.1 Å². The molecule has 0 spiro atoms. The lowest BCUT2D eigenvalue weighted by Gasteiger charge is -2.36. The molecule has 1 saturated heterocycles. The Kier molecular flexibility index (Phi) is 7.14. The van der Waals surface area contributed by atoms with E-state index >= 15 is 0 Å². The number of aromatic nitrogens is 2. The molecular weight excluding hydrogens is 412 g/mol. The van der Waals surface area contributed by atoms with Gasteiger partial charge in [-0.2, -0.15) is 0 Å². The van der Waals surface area contributed by atoms with Gasteiger partial charge in [-0.25, -0.2) is 0 Å². The maximum absolute atomic E-state index is 13.4. The van der Waals surface area contributed by atoms with Crippen LogP contribution in [0.4, 0.5) is 0 Å². The van der Waals surface area contributed by atoms with Crippen LogP contribution in [-0.4, -0.2) is 65.1 Å². The SMILES string of the molecule is COc1ccc(-n2c(C)cc(C(=O)N(C)C3CCN(CCc4ccccn4)CC3)c2C)cc1. The van der Waals surface area contributed by atoms with Crippen molar-refractivity contribution in [2.24, 2.45) is 0 Å². The molecule has 1 aliphatic heterocycles. The van der Waals surface area contributed by atoms with Crippen LogP contribution in [0.5, 0.6) is 5.75 Å². The van der Waals surface area contributed by atoms with E-state index in [0.29, 0.717) is 0 Å². The summed E-state index contributed by atoms with van der Waals surface area (Å²) in [6.45, 7) is 7.12. The lowest BCUT2D eigenvalue weighted by molar-refractivity contribution is 0.0642. The lowest BCUT2D eigenvalue weighted by atomic mass is 10.0. The van der Waals surface area contributed by atoms with Crippen LogP contribution in [0, 0.1) is 13.8 Å². The van der Waals surface area contributed by atoms with Crippen molar-refractivity contribution in [1.29, 1.82) is 0 Å². The molecule has 0 aliphatic carbocycles. The smallest absolute Gasteiger partial charge is 0.255 e. The zero-order valence-electron chi connectivity index (χ0n) is 20.1. The Hall–Kier alpha value is -3.12. The van der Waals surface area contributed by atoms with Crippen molar-refractivity contribution in [2.45, 2.75) is 39.2 Å². The predicted octanol–water partition coefficient (Wildman–Crippen LogP) is 4.28. The monoisotopic (exact) mass is 446 g/mol. The lowest BCUT2D eigenvalue weighted by Crippen LogP contribution is -2.46. The van der Waals surface area contributed by atoms with Crippen LogP contribution in [0.2, 0.25) is 0 Å². The molecule has 6 nitrogen and oxygen atoms in total. The second kappa shape index (κ2) is 10.2. The number of rotatable bonds is 7. The van der Waals surface area contributed by atoms with E-state index in [2.05, 4.69) is 20.5 Å². The molecule has 3 heterocycles. The number of benzene rings is 1. The third-order valence-corrected chi connectivity index (χ3v) is 6.83. The first kappa shape index (κ1) is 23.1. The minimum Gasteiger partial charge on any atom is -0.497 e. The van der Waals surface area contributed by atoms with E-state index in [1.807, 2.05) is 74.5 Å². The molecule has 0 bridgehead atoms. The number of methoxy groups -OCH3 is 1. The first-order valence-electron chi connectivity index (χ1n) is 11.7. The summed E-state index contributed by atoms with van der Waals surface area (Å²) in [4.78, 5) is 22.3. The molecule has 33 heavy (non-hydrogen) atoms. The Balaban J connectivity index is 1.38. The highest BCUT2D eigenvalue weighted by atomic mass is 16.5. The maximum Gasteiger partial charge on any atom is 0.255 e. The first-order chi connectivity index (χ1) is 16.0. The Morgan fingerprint density at radius 1 is 1.12 bits per heavy atom. The Bertz CT molecular complexity index is 1070. The minimum atomic E-state index is 0.106. The molecule has 1 aliphatic rings. The minimum absolute atomic E-state index is 0.106. The van der Waals surface area contributed by atoms with E-state index in [1.165, 1.54) is 0 Å². The van der Waals surface area contributed by atoms with E-state index in [4.69, 9.17) is 4.74 Å². The predicted molar refractivity (Wildman–Crippen MR) is 131 cm³/mol. The summed E-state index contributed by atoms with van der Waals surface area (Å²) in [7, 11) is 3.62. The summed E-state index contributed by atoms with van der Waals surface area (Å²) < 4.78 is 7.42. The van der Waals surface area contributed by atoms with Crippen LogP contribution in [-0.2, 0) is 6.42 Å². The van der Waals surface area contributed by atoms with E-state index in [1.54, 1.807) is 7.11 Å². The summed E-state index contributed by atoms with van der Waals surface area (Å²) in [6.07, 6.45) is 4.83. The van der Waals surface area contributed by atoms with E-state index in [9.17, 15) is 4.79 Å². The average Bonchev–Trinajstić information content (AvgIpc) is 3.16. The van der Waals surface area contributed by atoms with Gasteiger partial charge in [0, 0.05) is 68.1 Å². The molecular formula is C27H34N4O2. The van der Waals surface area contributed by atoms with Gasteiger partial charge in [0.1, 0.15) is 5.75 Å². The van der Waals surface area contributed by atoms with Crippen LogP contribution >= 0.6 is 0 Å². The van der Waals surface area contributed by atoms with Gasteiger partial charge in [-0.3, -0.25) is 9.78 Å². The van der Waals surface area contributed by atoms with E-state index < -0.39 is 0 Å². The van der Waals surface area contributed by atoms with Crippen molar-refractivity contribution in [3.05, 3.63) is 77.4 Å². The molecule has 2 aromatic heterocycles. The van der Waals surface area contributed by atoms with Gasteiger partial charge in [-0.05, 0) is 69.2 Å². The standard InChI is InChI=1S/C27H34N4O2/c1-20-19-26(21(2)31(20)24-8-10-25(33-4)11-9-24)27(32)29(3)23-13-17-30(18-14-23)16-12-22-7-5-6-15-28-22/h5-11,15,19,23H,12-14,16-18H2,1-4H3. The Morgan fingerprint density at radius 2 is 1.85 bits per heavy atom. The molecule has 6 heteroatoms. The fourth-order valence-electron chi connectivity index (χ4n) is 4.81. The van der Waals surface area contributed by atoms with Gasteiger partial charge in [-0.1, -0.05) is 6.07 Å². The van der Waals surface area contributed by atoms with Gasteiger partial charge in [-0.15, -0.1) is 0 Å². The van der Waals surface area contributed by atoms with Crippen LogP contribution in [0.1, 0.15) is 40.3 Å². The number of hydrogen-bond donors (Lipinski definition) is 0. The van der Waals surface area contributed by atoms with Crippen LogP contribution in [0.15, 0.2) is 54.7 Å². The van der Waals surface area contributed by atoms with E-state index in [0.717, 1.165) is 73.0 Å². The highest BCUT2D eigenvalue weighted by Crippen LogP contribution is 2.25. The zero-order valence-corrected chi connectivity index (χ0v) is 20.1. The number of ether oxygens (including phenoxy) is 1. The van der Waals surface area contributed by atoms with E-state index in [-0.39, 0.29) is 11.9 Å². The fraction of sp³-hybridized carbons (Fsp3) is 0.407. The third kappa shape index (κ3) is 5.11. The molecule has 1 fully saturated rings. The van der Waals surface area contributed by atoms with Gasteiger partial charge >= 0.3 is 0 Å². The fourth-order valence-corrected chi connectivity index (χ4v) is 4.81. The second-order valence-corrected chi connectivity index (χ2v) is 8.88. The van der Waals surface area contributed by atoms with Crippen molar-refractivity contribution in [3.63, 3.8) is 0 Å². The molecule has 0 unspecified atom stereocenters. The third-order valence-electron chi connectivity index (χ3n) is 6.83. The molecule has 0 N–H and O–H groups in total. The summed E-state index contributed by atoms with van der Waals surface area (Å²) in [5.74, 6) is 0.929. The highest BCUT2D eigenvalue weighted by Gasteiger charge is 2.28. The number of carbonyl (C=O) groups excluding carboxylic acids is 1. The molecule has 0 atom stereocenters. The number of hydrogen-bond acceptors (Lipinski definition) is 4. The van der Waals surface area contributed by atoms with Crippen molar-refractivity contribution in [2.75, 3.05) is 33.8 Å². The van der Waals surface area contributed by atoms with Gasteiger partial charge in [0.2, 0.25) is 0 Å². The molecule has 1 aromatic carbocycles. The number of likely N-dealkylation sites (tertiary alicyclic amines) is 1. The van der Waals surface area contributed by atoms with Crippen molar-refractivity contribution in [1.82, 2.24) is 19.4 Å². The second-order valence-electron chi connectivity index (χ2n) is 8.88. The number of amides is 1. The van der Waals surface area contributed by atoms with Crippen LogP contribution < -0.4 is 4.74 Å². The summed E-state index contributed by atoms with van der Waals surface area (Å²) in [6, 6.07) is 16.3. The average molecular weight is 447 g/mol. The zero-order chi connectivity index (χ0) is 23.4. The largest absolute Gasteiger partial charge is 0.497 e. The van der Waals surface area contributed by atoms with Gasteiger partial charge in [0.05, 0.1) is 12.7 Å². The number of nitrogens with zero attached hydrogens (tertiary/aromatic N) is 4. The van der Waals surface area contributed by atoms with Gasteiger partial charge in [0.15, 0.2) is 0 Å². The summed E-state index contributed by atoms with van der Waals surface area (Å²) >= 11 is 0. The van der Waals surface area contributed by atoms with Crippen molar-refractivity contribution < 1.29 is 9.53 Å². The molecule has 4 rings (SSSR count). The number of aryl methyl sites for hydroxylation is 1.